The van der Waals surface area contributed by atoms with Gasteiger partial charge in [-0.1, -0.05) is 31.5 Å². The molecule has 3 unspecified atom stereocenters. The number of nitrogens with zero attached hydrogens (tertiary/aromatic N) is 4. The summed E-state index contributed by atoms with van der Waals surface area (Å²) < 4.78 is 1.79. The minimum Gasteiger partial charge on any atom is -0.244 e. The van der Waals surface area contributed by atoms with Crippen molar-refractivity contribution in [3.63, 3.8) is 0 Å². The number of aromatic nitrogens is 3. The van der Waals surface area contributed by atoms with Crippen LogP contribution in [-0.4, -0.2) is 20.0 Å². The van der Waals surface area contributed by atoms with E-state index in [0.717, 1.165) is 23.9 Å². The Morgan fingerprint density at radius 3 is 3.00 bits per heavy atom. The van der Waals surface area contributed by atoms with Crippen LogP contribution in [0.25, 0.3) is 0 Å². The summed E-state index contributed by atoms with van der Waals surface area (Å²) in [6.07, 6.45) is 7.50. The van der Waals surface area contributed by atoms with E-state index >= 15 is 0 Å². The van der Waals surface area contributed by atoms with Gasteiger partial charge in [0.05, 0.1) is 12.0 Å². The van der Waals surface area contributed by atoms with Crippen molar-refractivity contribution in [2.24, 2.45) is 18.9 Å². The van der Waals surface area contributed by atoms with Gasteiger partial charge in [-0.3, -0.25) is 0 Å². The average molecular weight is 264 g/mol. The molecule has 1 fully saturated rings. The van der Waals surface area contributed by atoms with Crippen LogP contribution in [0.4, 0.5) is 0 Å². The van der Waals surface area contributed by atoms with Crippen LogP contribution >= 0.6 is 11.8 Å². The molecule has 3 atom stereocenters. The molecule has 1 saturated carbocycles. The first kappa shape index (κ1) is 13.4. The third-order valence-electron chi connectivity index (χ3n) is 3.69. The van der Waals surface area contributed by atoms with Crippen LogP contribution in [0.5, 0.6) is 0 Å². The molecule has 0 amide bonds. The molecule has 0 aliphatic heterocycles. The van der Waals surface area contributed by atoms with Crippen LogP contribution in [0, 0.1) is 23.2 Å². The lowest BCUT2D eigenvalue weighted by atomic mass is 9.80. The van der Waals surface area contributed by atoms with Gasteiger partial charge in [-0.05, 0) is 25.2 Å². The van der Waals surface area contributed by atoms with Gasteiger partial charge in [-0.25, -0.2) is 9.67 Å². The molecule has 1 aliphatic carbocycles. The fraction of sp³-hybridized carbons (Fsp3) is 0.769. The van der Waals surface area contributed by atoms with Crippen molar-refractivity contribution in [2.75, 3.05) is 0 Å². The van der Waals surface area contributed by atoms with Crippen molar-refractivity contribution in [2.45, 2.75) is 49.4 Å². The van der Waals surface area contributed by atoms with Gasteiger partial charge in [-0.15, -0.1) is 0 Å². The number of hydrogen-bond donors (Lipinski definition) is 0. The van der Waals surface area contributed by atoms with E-state index in [-0.39, 0.29) is 5.92 Å². The summed E-state index contributed by atoms with van der Waals surface area (Å²) in [5.41, 5.74) is 0. The zero-order valence-electron chi connectivity index (χ0n) is 11.0. The Morgan fingerprint density at radius 1 is 1.56 bits per heavy atom. The first-order valence-electron chi connectivity index (χ1n) is 6.64. The topological polar surface area (TPSA) is 54.5 Å². The number of nitriles is 1. The van der Waals surface area contributed by atoms with Gasteiger partial charge in [0.25, 0.3) is 0 Å². The molecular weight excluding hydrogens is 244 g/mol. The lowest BCUT2D eigenvalue weighted by molar-refractivity contribution is 0.306. The predicted molar refractivity (Wildman–Crippen MR) is 72.0 cm³/mol. The summed E-state index contributed by atoms with van der Waals surface area (Å²) in [6.45, 7) is 2.24. The highest BCUT2D eigenvalue weighted by molar-refractivity contribution is 7.99. The third kappa shape index (κ3) is 3.05. The van der Waals surface area contributed by atoms with Gasteiger partial charge in [-0.2, -0.15) is 10.4 Å². The van der Waals surface area contributed by atoms with Gasteiger partial charge in [0.2, 0.25) is 0 Å². The van der Waals surface area contributed by atoms with E-state index in [2.05, 4.69) is 23.1 Å². The summed E-state index contributed by atoms with van der Waals surface area (Å²) in [5.74, 6) is 0.949. The standard InChI is InChI=1S/C13H20N4S/c1-3-4-10-5-6-11(8-14)12(7-10)18-13-15-9-16-17(13)2/h9-12H,3-7H2,1-2H3. The van der Waals surface area contributed by atoms with Crippen LogP contribution in [0.2, 0.25) is 0 Å². The van der Waals surface area contributed by atoms with Crippen molar-refractivity contribution in [1.82, 2.24) is 14.8 Å². The first-order chi connectivity index (χ1) is 8.74. The Morgan fingerprint density at radius 2 is 2.39 bits per heavy atom. The molecule has 2 rings (SSSR count). The Labute approximate surface area is 113 Å². The molecule has 0 radical (unpaired) electrons. The van der Waals surface area contributed by atoms with Crippen molar-refractivity contribution in [3.05, 3.63) is 6.33 Å². The molecule has 1 aromatic heterocycles. The highest BCUT2D eigenvalue weighted by Crippen LogP contribution is 2.40. The number of aryl methyl sites for hydroxylation is 1. The van der Waals surface area contributed by atoms with Crippen LogP contribution in [0.3, 0.4) is 0 Å². The Balaban J connectivity index is 2.03. The fourth-order valence-electron chi connectivity index (χ4n) is 2.69. The summed E-state index contributed by atoms with van der Waals surface area (Å²) in [4.78, 5) is 4.26. The predicted octanol–water partition coefficient (Wildman–Crippen LogP) is 3.02. The molecule has 98 valence electrons. The smallest absolute Gasteiger partial charge is 0.186 e. The molecular formula is C13H20N4S. The highest BCUT2D eigenvalue weighted by Gasteiger charge is 2.31. The van der Waals surface area contributed by atoms with Crippen LogP contribution in [0.15, 0.2) is 11.5 Å². The molecule has 1 aliphatic rings. The van der Waals surface area contributed by atoms with Crippen LogP contribution in [0.1, 0.15) is 39.0 Å². The second-order valence-corrected chi connectivity index (χ2v) is 6.23. The molecule has 0 aromatic carbocycles. The minimum atomic E-state index is 0.166. The molecule has 0 spiro atoms. The summed E-state index contributed by atoms with van der Waals surface area (Å²) >= 11 is 1.73. The lowest BCUT2D eigenvalue weighted by Gasteiger charge is -2.31. The minimum absolute atomic E-state index is 0.166. The van der Waals surface area contributed by atoms with Crippen LogP contribution in [-0.2, 0) is 7.05 Å². The maximum Gasteiger partial charge on any atom is 0.186 e. The van der Waals surface area contributed by atoms with Gasteiger partial charge in [0.1, 0.15) is 6.33 Å². The van der Waals surface area contributed by atoms with Gasteiger partial charge in [0.15, 0.2) is 5.16 Å². The Kier molecular flexibility index (Phi) is 4.65. The van der Waals surface area contributed by atoms with E-state index in [0.29, 0.717) is 5.25 Å². The SMILES string of the molecule is CCCC1CCC(C#N)C(Sc2ncnn2C)C1. The zero-order valence-corrected chi connectivity index (χ0v) is 11.9. The van der Waals surface area contributed by atoms with Crippen LogP contribution < -0.4 is 0 Å². The van der Waals surface area contributed by atoms with Crippen molar-refractivity contribution >= 4 is 11.8 Å². The van der Waals surface area contributed by atoms with Gasteiger partial charge < -0.3 is 0 Å². The van der Waals surface area contributed by atoms with E-state index < -0.39 is 0 Å². The monoisotopic (exact) mass is 264 g/mol. The van der Waals surface area contributed by atoms with Gasteiger partial charge >= 0.3 is 0 Å². The maximum atomic E-state index is 9.27. The van der Waals surface area contributed by atoms with E-state index in [1.807, 2.05) is 7.05 Å². The fourth-order valence-corrected chi connectivity index (χ4v) is 4.00. The van der Waals surface area contributed by atoms with E-state index in [1.165, 1.54) is 19.3 Å². The highest BCUT2D eigenvalue weighted by atomic mass is 32.2. The van der Waals surface area contributed by atoms with E-state index in [1.54, 1.807) is 22.8 Å². The van der Waals surface area contributed by atoms with Crippen molar-refractivity contribution < 1.29 is 0 Å². The van der Waals surface area contributed by atoms with E-state index in [4.69, 9.17) is 0 Å². The second-order valence-electron chi connectivity index (χ2n) is 5.03. The summed E-state index contributed by atoms with van der Waals surface area (Å²) in [7, 11) is 1.91. The molecule has 18 heavy (non-hydrogen) atoms. The quantitative estimate of drug-likeness (QED) is 0.839. The number of hydrogen-bond acceptors (Lipinski definition) is 4. The van der Waals surface area contributed by atoms with Crippen molar-refractivity contribution in [1.29, 1.82) is 5.26 Å². The molecule has 0 saturated heterocycles. The summed E-state index contributed by atoms with van der Waals surface area (Å²) in [6, 6.07) is 2.47. The molecule has 1 aromatic rings. The molecule has 0 bridgehead atoms. The Hall–Kier alpha value is -1.02. The van der Waals surface area contributed by atoms with E-state index in [9.17, 15) is 5.26 Å². The lowest BCUT2D eigenvalue weighted by Crippen LogP contribution is -2.26. The molecule has 1 heterocycles. The summed E-state index contributed by atoms with van der Waals surface area (Å²) in [5, 5.41) is 14.7. The third-order valence-corrected chi connectivity index (χ3v) is 5.09. The van der Waals surface area contributed by atoms with Gasteiger partial charge in [0, 0.05) is 12.3 Å². The zero-order chi connectivity index (χ0) is 13.0. The van der Waals surface area contributed by atoms with Crippen molar-refractivity contribution in [3.8, 4) is 6.07 Å². The number of rotatable bonds is 4. The average Bonchev–Trinajstić information content (AvgIpc) is 2.76. The first-order valence-corrected chi connectivity index (χ1v) is 7.52. The second kappa shape index (κ2) is 6.24. The number of thioether (sulfide) groups is 1. The maximum absolute atomic E-state index is 9.27. The molecule has 5 heteroatoms. The molecule has 0 N–H and O–H groups in total. The molecule has 4 nitrogen and oxygen atoms in total. The largest absolute Gasteiger partial charge is 0.244 e. The normalized spacial score (nSPS) is 27.9. The Bertz CT molecular complexity index is 423.